The molecule has 11 heteroatoms. The minimum absolute atomic E-state index is 0.000909. The van der Waals surface area contributed by atoms with Crippen LogP contribution in [0.2, 0.25) is 0 Å². The van der Waals surface area contributed by atoms with Gasteiger partial charge in [0.15, 0.2) is 0 Å². The van der Waals surface area contributed by atoms with Gasteiger partial charge in [0.1, 0.15) is 18.6 Å². The number of rotatable bonds is 12. The first kappa shape index (κ1) is 30.8. The van der Waals surface area contributed by atoms with Crippen molar-refractivity contribution in [3.05, 3.63) is 60.2 Å². The Bertz CT molecular complexity index is 1100. The number of nitrogens with one attached hydrogen (secondary N) is 1. The number of ether oxygens (including phenoxy) is 4. The Morgan fingerprint density at radius 2 is 1.82 bits per heavy atom. The summed E-state index contributed by atoms with van der Waals surface area (Å²) in [4.78, 5) is 13.0. The Balaban J connectivity index is 1.78. The Morgan fingerprint density at radius 1 is 1.10 bits per heavy atom. The summed E-state index contributed by atoms with van der Waals surface area (Å²) in [6, 6.07) is 14.7. The number of alkyl carbamates (subject to hydrolysis) is 1. The summed E-state index contributed by atoms with van der Waals surface area (Å²) < 4.78 is 49.7. The van der Waals surface area contributed by atoms with Crippen LogP contribution in [0.3, 0.4) is 0 Å². The fraction of sp³-hybridized carbons (Fsp3) is 0.536. The van der Waals surface area contributed by atoms with Crippen molar-refractivity contribution in [3.63, 3.8) is 0 Å². The number of aliphatic hydroxyl groups excluding tert-OH is 1. The largest absolute Gasteiger partial charge is 0.497 e. The lowest BCUT2D eigenvalue weighted by Crippen LogP contribution is -2.51. The number of sulfonamides is 1. The number of benzene rings is 2. The second-order valence-corrected chi connectivity index (χ2v) is 11.9. The molecule has 0 saturated carbocycles. The summed E-state index contributed by atoms with van der Waals surface area (Å²) in [5.41, 5.74) is 0.877. The van der Waals surface area contributed by atoms with Crippen molar-refractivity contribution in [1.29, 1.82) is 0 Å². The van der Waals surface area contributed by atoms with Gasteiger partial charge >= 0.3 is 6.09 Å². The summed E-state index contributed by atoms with van der Waals surface area (Å²) in [5.74, 6) is 0.538. The third-order valence-electron chi connectivity index (χ3n) is 6.28. The third-order valence-corrected chi connectivity index (χ3v) is 8.13. The van der Waals surface area contributed by atoms with Crippen LogP contribution in [0.4, 0.5) is 4.79 Å². The smallest absolute Gasteiger partial charge is 0.407 e. The SMILES string of the molecule is COc1ccc(S(=O)(=O)N(CC(C)C)C[C@@H](O)[C@H](Cc2ccccc2)NC(=O)OC2CCCOCOC2)cc1. The first-order valence-corrected chi connectivity index (χ1v) is 14.6. The van der Waals surface area contributed by atoms with Gasteiger partial charge in [0.25, 0.3) is 0 Å². The standard InChI is InChI=1S/C28H40N2O8S/c1-21(2)17-30(39(33,34)25-13-11-23(35-3)12-14-25)18-27(31)26(16-22-8-5-4-6-9-22)29-28(32)38-24-10-7-15-36-20-37-19-24/h4-6,8-9,11-14,21,24,26-27,31H,7,10,15-20H2,1-3H3,(H,29,32)/t24?,26-,27+/m0/s1. The van der Waals surface area contributed by atoms with Gasteiger partial charge in [-0.25, -0.2) is 13.2 Å². The summed E-state index contributed by atoms with van der Waals surface area (Å²) >= 11 is 0. The Kier molecular flexibility index (Phi) is 12.0. The van der Waals surface area contributed by atoms with Crippen molar-refractivity contribution in [1.82, 2.24) is 9.62 Å². The molecule has 39 heavy (non-hydrogen) atoms. The molecule has 1 amide bonds. The van der Waals surface area contributed by atoms with Crippen LogP contribution in [0.1, 0.15) is 32.3 Å². The topological polar surface area (TPSA) is 124 Å². The summed E-state index contributed by atoms with van der Waals surface area (Å²) in [5, 5.41) is 14.1. The van der Waals surface area contributed by atoms with Crippen molar-refractivity contribution in [2.24, 2.45) is 5.92 Å². The van der Waals surface area contributed by atoms with E-state index >= 15 is 0 Å². The van der Waals surface area contributed by atoms with E-state index in [-0.39, 0.29) is 43.7 Å². The van der Waals surface area contributed by atoms with Gasteiger partial charge in [0.2, 0.25) is 10.0 Å². The van der Waals surface area contributed by atoms with Crippen molar-refractivity contribution < 1.29 is 37.3 Å². The van der Waals surface area contributed by atoms with E-state index in [2.05, 4.69) is 5.32 Å². The molecule has 0 bridgehead atoms. The highest BCUT2D eigenvalue weighted by atomic mass is 32.2. The molecule has 3 rings (SSSR count). The number of aliphatic hydroxyl groups is 1. The van der Waals surface area contributed by atoms with Crippen LogP contribution in [0.5, 0.6) is 5.75 Å². The van der Waals surface area contributed by atoms with Crippen LogP contribution in [-0.2, 0) is 30.7 Å². The van der Waals surface area contributed by atoms with Gasteiger partial charge in [0, 0.05) is 19.7 Å². The second kappa shape index (κ2) is 15.2. The lowest BCUT2D eigenvalue weighted by atomic mass is 10.0. The third kappa shape index (κ3) is 9.77. The normalized spacial score (nSPS) is 18.2. The molecule has 0 aliphatic carbocycles. The Morgan fingerprint density at radius 3 is 2.49 bits per heavy atom. The van der Waals surface area contributed by atoms with E-state index in [9.17, 15) is 18.3 Å². The van der Waals surface area contributed by atoms with Crippen molar-refractivity contribution in [2.45, 2.75) is 56.3 Å². The molecule has 0 aromatic heterocycles. The number of nitrogens with zero attached hydrogens (tertiary/aromatic N) is 1. The average Bonchev–Trinajstić information content (AvgIpc) is 2.89. The minimum atomic E-state index is -3.94. The molecule has 0 spiro atoms. The van der Waals surface area contributed by atoms with Gasteiger partial charge in [-0.15, -0.1) is 0 Å². The van der Waals surface area contributed by atoms with E-state index in [1.807, 2.05) is 44.2 Å². The van der Waals surface area contributed by atoms with Gasteiger partial charge in [-0.1, -0.05) is 44.2 Å². The molecule has 2 aromatic carbocycles. The fourth-order valence-corrected chi connectivity index (χ4v) is 5.91. The number of carbonyl (C=O) groups is 1. The van der Waals surface area contributed by atoms with E-state index in [1.54, 1.807) is 12.1 Å². The molecular formula is C28H40N2O8S. The van der Waals surface area contributed by atoms with Crippen molar-refractivity contribution in [2.75, 3.05) is 40.2 Å². The number of methoxy groups -OCH3 is 1. The lowest BCUT2D eigenvalue weighted by molar-refractivity contribution is -0.0990. The van der Waals surface area contributed by atoms with Crippen molar-refractivity contribution >= 4 is 16.1 Å². The van der Waals surface area contributed by atoms with Gasteiger partial charge in [-0.05, 0) is 55.0 Å². The summed E-state index contributed by atoms with van der Waals surface area (Å²) in [6.07, 6.45) is -0.766. The molecular weight excluding hydrogens is 524 g/mol. The molecule has 0 radical (unpaired) electrons. The summed E-state index contributed by atoms with van der Waals surface area (Å²) in [6.45, 7) is 4.66. The van der Waals surface area contributed by atoms with Gasteiger partial charge in [0.05, 0.1) is 30.8 Å². The number of hydrogen-bond acceptors (Lipinski definition) is 8. The van der Waals surface area contributed by atoms with Crippen LogP contribution in [0.15, 0.2) is 59.5 Å². The first-order chi connectivity index (χ1) is 18.7. The van der Waals surface area contributed by atoms with E-state index < -0.39 is 34.4 Å². The van der Waals surface area contributed by atoms with Crippen LogP contribution in [0, 0.1) is 5.92 Å². The highest BCUT2D eigenvalue weighted by Crippen LogP contribution is 2.22. The molecule has 1 fully saturated rings. The molecule has 1 heterocycles. The molecule has 1 unspecified atom stereocenters. The number of amides is 1. The number of hydrogen-bond donors (Lipinski definition) is 2. The quantitative estimate of drug-likeness (QED) is 0.403. The molecule has 1 aliphatic heterocycles. The molecule has 216 valence electrons. The second-order valence-electron chi connectivity index (χ2n) is 9.97. The van der Waals surface area contributed by atoms with E-state index in [0.29, 0.717) is 18.8 Å². The van der Waals surface area contributed by atoms with E-state index in [4.69, 9.17) is 18.9 Å². The molecule has 2 N–H and O–H groups in total. The zero-order chi connectivity index (χ0) is 28.3. The number of carbonyl (C=O) groups excluding carboxylic acids is 1. The van der Waals surface area contributed by atoms with E-state index in [1.165, 1.54) is 23.5 Å². The summed E-state index contributed by atoms with van der Waals surface area (Å²) in [7, 11) is -2.43. The molecule has 10 nitrogen and oxygen atoms in total. The average molecular weight is 565 g/mol. The molecule has 3 atom stereocenters. The predicted molar refractivity (Wildman–Crippen MR) is 146 cm³/mol. The van der Waals surface area contributed by atoms with Crippen LogP contribution in [0.25, 0.3) is 0 Å². The highest BCUT2D eigenvalue weighted by molar-refractivity contribution is 7.89. The van der Waals surface area contributed by atoms with Crippen LogP contribution >= 0.6 is 0 Å². The highest BCUT2D eigenvalue weighted by Gasteiger charge is 2.32. The van der Waals surface area contributed by atoms with E-state index in [0.717, 1.165) is 12.0 Å². The van der Waals surface area contributed by atoms with Gasteiger partial charge < -0.3 is 29.4 Å². The minimum Gasteiger partial charge on any atom is -0.497 e. The van der Waals surface area contributed by atoms with Crippen molar-refractivity contribution in [3.8, 4) is 5.75 Å². The monoisotopic (exact) mass is 564 g/mol. The maximum Gasteiger partial charge on any atom is 0.407 e. The molecule has 1 saturated heterocycles. The Labute approximate surface area is 231 Å². The van der Waals surface area contributed by atoms with Crippen LogP contribution < -0.4 is 10.1 Å². The zero-order valence-electron chi connectivity index (χ0n) is 22.8. The van der Waals surface area contributed by atoms with Gasteiger partial charge in [-0.3, -0.25) is 0 Å². The zero-order valence-corrected chi connectivity index (χ0v) is 23.6. The fourth-order valence-electron chi connectivity index (χ4n) is 4.29. The van der Waals surface area contributed by atoms with Crippen LogP contribution in [-0.4, -0.2) is 82.4 Å². The van der Waals surface area contributed by atoms with Gasteiger partial charge in [-0.2, -0.15) is 4.31 Å². The Hall–Kier alpha value is -2.70. The molecule has 2 aromatic rings. The molecule has 1 aliphatic rings. The maximum atomic E-state index is 13.6. The predicted octanol–water partition coefficient (Wildman–Crippen LogP) is 3.19. The first-order valence-electron chi connectivity index (χ1n) is 13.2. The maximum absolute atomic E-state index is 13.6. The lowest BCUT2D eigenvalue weighted by Gasteiger charge is -2.31.